The highest BCUT2D eigenvalue weighted by Gasteiger charge is 2.30. The first kappa shape index (κ1) is 20.9. The number of nitrogens with one attached hydrogen (secondary N) is 2. The van der Waals surface area contributed by atoms with Crippen molar-refractivity contribution in [3.05, 3.63) is 29.8 Å². The summed E-state index contributed by atoms with van der Waals surface area (Å²) in [6.45, 7) is 6.15. The monoisotopic (exact) mass is 375 g/mol. The SMILES string of the molecule is Cc1ccc(S(=O)(=O)NCCN(C)C(=O)C(C)C2CNC2)cc1.Cl. The molecule has 8 heteroatoms. The quantitative estimate of drug-likeness (QED) is 0.745. The molecule has 0 spiro atoms. The molecule has 1 amide bonds. The van der Waals surface area contributed by atoms with Crippen molar-refractivity contribution in [3.63, 3.8) is 0 Å². The molecule has 1 unspecified atom stereocenters. The second kappa shape index (κ2) is 8.80. The van der Waals surface area contributed by atoms with E-state index in [1.54, 1.807) is 36.2 Å². The zero-order valence-electron chi connectivity index (χ0n) is 14.3. The van der Waals surface area contributed by atoms with Crippen LogP contribution in [0.4, 0.5) is 0 Å². The van der Waals surface area contributed by atoms with Gasteiger partial charge in [-0.25, -0.2) is 13.1 Å². The van der Waals surface area contributed by atoms with Crippen LogP contribution >= 0.6 is 12.4 Å². The Morgan fingerprint density at radius 2 is 1.92 bits per heavy atom. The number of nitrogens with zero attached hydrogens (tertiary/aromatic N) is 1. The van der Waals surface area contributed by atoms with E-state index in [1.807, 2.05) is 13.8 Å². The normalized spacial score (nSPS) is 16.0. The molecule has 0 radical (unpaired) electrons. The minimum atomic E-state index is -3.53. The van der Waals surface area contributed by atoms with Crippen LogP contribution in [0.2, 0.25) is 0 Å². The number of hydrogen-bond acceptors (Lipinski definition) is 4. The maximum Gasteiger partial charge on any atom is 0.240 e. The summed E-state index contributed by atoms with van der Waals surface area (Å²) in [5, 5.41) is 3.16. The summed E-state index contributed by atoms with van der Waals surface area (Å²) in [5.74, 6) is 0.412. The maximum atomic E-state index is 12.3. The molecule has 1 atom stereocenters. The molecule has 2 rings (SSSR count). The van der Waals surface area contributed by atoms with E-state index in [0.717, 1.165) is 18.7 Å². The molecular weight excluding hydrogens is 350 g/mol. The zero-order valence-corrected chi connectivity index (χ0v) is 15.9. The van der Waals surface area contributed by atoms with E-state index in [0.29, 0.717) is 12.5 Å². The van der Waals surface area contributed by atoms with Crippen LogP contribution in [-0.4, -0.2) is 52.5 Å². The van der Waals surface area contributed by atoms with Gasteiger partial charge < -0.3 is 10.2 Å². The molecule has 6 nitrogen and oxygen atoms in total. The second-order valence-corrected chi connectivity index (χ2v) is 7.94. The molecule has 0 saturated carbocycles. The summed E-state index contributed by atoms with van der Waals surface area (Å²) in [5.41, 5.74) is 1.01. The van der Waals surface area contributed by atoms with E-state index in [-0.39, 0.29) is 35.7 Å². The summed E-state index contributed by atoms with van der Waals surface area (Å²) in [4.78, 5) is 14.1. The standard InChI is InChI=1S/C16H25N3O3S.ClH/c1-12-4-6-15(7-5-12)23(21,22)18-8-9-19(3)16(20)13(2)14-10-17-11-14;/h4-7,13-14,17-18H,8-11H2,1-3H3;1H. The summed E-state index contributed by atoms with van der Waals surface area (Å²) in [6, 6.07) is 6.69. The fourth-order valence-electron chi connectivity index (χ4n) is 2.47. The Hall–Kier alpha value is -1.15. The van der Waals surface area contributed by atoms with Gasteiger partial charge in [0.15, 0.2) is 0 Å². The highest BCUT2D eigenvalue weighted by molar-refractivity contribution is 7.89. The summed E-state index contributed by atoms with van der Waals surface area (Å²) < 4.78 is 26.9. The number of benzene rings is 1. The third-order valence-electron chi connectivity index (χ3n) is 4.36. The average Bonchev–Trinajstić information content (AvgIpc) is 2.44. The lowest BCUT2D eigenvalue weighted by Crippen LogP contribution is -2.50. The molecule has 2 N–H and O–H groups in total. The highest BCUT2D eigenvalue weighted by atomic mass is 35.5. The Bertz CT molecular complexity index is 645. The number of sulfonamides is 1. The number of likely N-dealkylation sites (N-methyl/N-ethyl adjacent to an activating group) is 1. The van der Waals surface area contributed by atoms with Gasteiger partial charge in [0.25, 0.3) is 0 Å². The molecule has 0 aromatic heterocycles. The maximum absolute atomic E-state index is 12.3. The van der Waals surface area contributed by atoms with Gasteiger partial charge in [-0.15, -0.1) is 12.4 Å². The molecule has 1 aliphatic rings. The van der Waals surface area contributed by atoms with Gasteiger partial charge in [0, 0.05) is 26.1 Å². The summed E-state index contributed by atoms with van der Waals surface area (Å²) in [7, 11) is -1.81. The van der Waals surface area contributed by atoms with Crippen LogP contribution < -0.4 is 10.0 Å². The van der Waals surface area contributed by atoms with E-state index in [2.05, 4.69) is 10.0 Å². The summed E-state index contributed by atoms with van der Waals surface area (Å²) in [6.07, 6.45) is 0. The minimum Gasteiger partial charge on any atom is -0.344 e. The number of rotatable bonds is 7. The van der Waals surface area contributed by atoms with Gasteiger partial charge in [0.05, 0.1) is 4.90 Å². The third-order valence-corrected chi connectivity index (χ3v) is 5.83. The molecule has 1 fully saturated rings. The predicted molar refractivity (Wildman–Crippen MR) is 96.8 cm³/mol. The third kappa shape index (κ3) is 5.17. The fraction of sp³-hybridized carbons (Fsp3) is 0.562. The number of carbonyl (C=O) groups is 1. The Balaban J connectivity index is 0.00000288. The van der Waals surface area contributed by atoms with Crippen LogP contribution in [0.1, 0.15) is 12.5 Å². The van der Waals surface area contributed by atoms with E-state index < -0.39 is 10.0 Å². The molecular formula is C16H26ClN3O3S. The van der Waals surface area contributed by atoms with Crippen LogP contribution in [0.5, 0.6) is 0 Å². The Kier molecular flexibility index (Phi) is 7.66. The number of halogens is 1. The lowest BCUT2D eigenvalue weighted by atomic mass is 9.88. The largest absolute Gasteiger partial charge is 0.344 e. The molecule has 1 aromatic rings. The molecule has 1 saturated heterocycles. The average molecular weight is 376 g/mol. The predicted octanol–water partition coefficient (Wildman–Crippen LogP) is 1.01. The fourth-order valence-corrected chi connectivity index (χ4v) is 3.49. The van der Waals surface area contributed by atoms with Gasteiger partial charge in [0.1, 0.15) is 0 Å². The van der Waals surface area contributed by atoms with Crippen molar-refractivity contribution >= 4 is 28.3 Å². The smallest absolute Gasteiger partial charge is 0.240 e. The number of amides is 1. The Morgan fingerprint density at radius 1 is 1.33 bits per heavy atom. The first-order valence-electron chi connectivity index (χ1n) is 7.83. The van der Waals surface area contributed by atoms with Crippen LogP contribution in [0.3, 0.4) is 0 Å². The van der Waals surface area contributed by atoms with Crippen molar-refractivity contribution in [2.24, 2.45) is 11.8 Å². The minimum absolute atomic E-state index is 0. The highest BCUT2D eigenvalue weighted by Crippen LogP contribution is 2.17. The van der Waals surface area contributed by atoms with Crippen LogP contribution in [0.25, 0.3) is 0 Å². The first-order valence-corrected chi connectivity index (χ1v) is 9.31. The number of hydrogen-bond donors (Lipinski definition) is 2. The van der Waals surface area contributed by atoms with Crippen molar-refractivity contribution in [3.8, 4) is 0 Å². The second-order valence-electron chi connectivity index (χ2n) is 6.18. The van der Waals surface area contributed by atoms with Crippen molar-refractivity contribution in [1.82, 2.24) is 14.9 Å². The topological polar surface area (TPSA) is 78.5 Å². The molecule has 1 heterocycles. The molecule has 1 aliphatic heterocycles. The van der Waals surface area contributed by atoms with E-state index in [9.17, 15) is 13.2 Å². The first-order chi connectivity index (χ1) is 10.8. The van der Waals surface area contributed by atoms with Crippen molar-refractivity contribution in [2.45, 2.75) is 18.7 Å². The van der Waals surface area contributed by atoms with Crippen molar-refractivity contribution in [2.75, 3.05) is 33.2 Å². The van der Waals surface area contributed by atoms with E-state index >= 15 is 0 Å². The summed E-state index contributed by atoms with van der Waals surface area (Å²) >= 11 is 0. The van der Waals surface area contributed by atoms with Crippen LogP contribution in [0, 0.1) is 18.8 Å². The van der Waals surface area contributed by atoms with E-state index in [1.165, 1.54) is 0 Å². The van der Waals surface area contributed by atoms with Gasteiger partial charge in [0.2, 0.25) is 15.9 Å². The number of carbonyl (C=O) groups excluding carboxylic acids is 1. The molecule has 1 aromatic carbocycles. The van der Waals surface area contributed by atoms with Gasteiger partial charge in [-0.1, -0.05) is 24.6 Å². The molecule has 24 heavy (non-hydrogen) atoms. The van der Waals surface area contributed by atoms with Crippen LogP contribution in [0.15, 0.2) is 29.2 Å². The zero-order chi connectivity index (χ0) is 17.0. The van der Waals surface area contributed by atoms with Crippen LogP contribution in [-0.2, 0) is 14.8 Å². The van der Waals surface area contributed by atoms with Gasteiger partial charge in [-0.3, -0.25) is 4.79 Å². The lowest BCUT2D eigenvalue weighted by molar-refractivity contribution is -0.135. The number of aryl methyl sites for hydroxylation is 1. The van der Waals surface area contributed by atoms with E-state index in [4.69, 9.17) is 0 Å². The molecule has 0 aliphatic carbocycles. The lowest BCUT2D eigenvalue weighted by Gasteiger charge is -2.34. The molecule has 0 bridgehead atoms. The van der Waals surface area contributed by atoms with Gasteiger partial charge in [-0.05, 0) is 38.1 Å². The Morgan fingerprint density at radius 3 is 2.42 bits per heavy atom. The van der Waals surface area contributed by atoms with Crippen molar-refractivity contribution < 1.29 is 13.2 Å². The Labute approximate surface area is 150 Å². The molecule has 136 valence electrons. The van der Waals surface area contributed by atoms with Crippen molar-refractivity contribution in [1.29, 1.82) is 0 Å². The van der Waals surface area contributed by atoms with Gasteiger partial charge >= 0.3 is 0 Å². The van der Waals surface area contributed by atoms with Gasteiger partial charge in [-0.2, -0.15) is 0 Å².